The highest BCUT2D eigenvalue weighted by Crippen LogP contribution is 2.29. The molecule has 1 aromatic carbocycles. The van der Waals surface area contributed by atoms with E-state index < -0.39 is 0 Å². The lowest BCUT2D eigenvalue weighted by Crippen LogP contribution is -2.44. The van der Waals surface area contributed by atoms with Gasteiger partial charge in [0.05, 0.1) is 5.02 Å². The Hall–Kier alpha value is -0.260. The molecule has 3 nitrogen and oxygen atoms in total. The molecule has 1 saturated heterocycles. The number of benzene rings is 1. The van der Waals surface area contributed by atoms with Gasteiger partial charge in [0, 0.05) is 29.9 Å². The summed E-state index contributed by atoms with van der Waals surface area (Å²) in [6, 6.07) is 8.24. The van der Waals surface area contributed by atoms with Crippen LogP contribution in [0.5, 0.6) is 0 Å². The monoisotopic (exact) mass is 286 g/mol. The van der Waals surface area contributed by atoms with E-state index in [4.69, 9.17) is 22.2 Å². The van der Waals surface area contributed by atoms with Crippen LogP contribution in [0.15, 0.2) is 29.2 Å². The van der Waals surface area contributed by atoms with Crippen molar-refractivity contribution in [2.45, 2.75) is 23.8 Å². The van der Waals surface area contributed by atoms with Gasteiger partial charge in [-0.25, -0.2) is 0 Å². The number of ether oxygens (including phenoxy) is 1. The normalized spacial score (nSPS) is 18.8. The Morgan fingerprint density at radius 1 is 1.39 bits per heavy atom. The summed E-state index contributed by atoms with van der Waals surface area (Å²) >= 11 is 7.90. The molecule has 0 aliphatic carbocycles. The lowest BCUT2D eigenvalue weighted by atomic mass is 9.93. The number of nitrogens with one attached hydrogen (secondary N) is 1. The molecule has 1 unspecified atom stereocenters. The van der Waals surface area contributed by atoms with Gasteiger partial charge in [-0.1, -0.05) is 23.7 Å². The van der Waals surface area contributed by atoms with Crippen molar-refractivity contribution in [3.63, 3.8) is 0 Å². The van der Waals surface area contributed by atoms with Crippen molar-refractivity contribution < 1.29 is 4.74 Å². The smallest absolute Gasteiger partial charge is 0.0541 e. The summed E-state index contributed by atoms with van der Waals surface area (Å²) in [7, 11) is 0. The fourth-order valence-electron chi connectivity index (χ4n) is 2.18. The third-order valence-corrected chi connectivity index (χ3v) is 4.94. The first-order valence-corrected chi connectivity index (χ1v) is 7.59. The van der Waals surface area contributed by atoms with Crippen molar-refractivity contribution in [2.24, 2.45) is 11.8 Å². The van der Waals surface area contributed by atoms with Crippen LogP contribution in [-0.2, 0) is 4.74 Å². The summed E-state index contributed by atoms with van der Waals surface area (Å²) in [6.45, 7) is 1.69. The van der Waals surface area contributed by atoms with Gasteiger partial charge >= 0.3 is 0 Å². The number of halogens is 1. The Morgan fingerprint density at radius 3 is 2.78 bits per heavy atom. The van der Waals surface area contributed by atoms with Gasteiger partial charge in [0.25, 0.3) is 0 Å². The zero-order valence-electron chi connectivity index (χ0n) is 10.3. The van der Waals surface area contributed by atoms with Crippen LogP contribution in [0.1, 0.15) is 12.8 Å². The quantitative estimate of drug-likeness (QED) is 0.496. The average Bonchev–Trinajstić information content (AvgIpc) is 2.42. The fourth-order valence-corrected chi connectivity index (χ4v) is 3.59. The van der Waals surface area contributed by atoms with Crippen LogP contribution in [0.2, 0.25) is 5.02 Å². The summed E-state index contributed by atoms with van der Waals surface area (Å²) in [5, 5.41) is 0.810. The van der Waals surface area contributed by atoms with Crippen molar-refractivity contribution in [3.05, 3.63) is 29.3 Å². The van der Waals surface area contributed by atoms with Gasteiger partial charge in [-0.05, 0) is 30.9 Å². The Labute approximate surface area is 117 Å². The number of rotatable bonds is 5. The van der Waals surface area contributed by atoms with Gasteiger partial charge in [-0.3, -0.25) is 11.3 Å². The fraction of sp³-hybridized carbons (Fsp3) is 0.538. The molecule has 5 heteroatoms. The predicted octanol–water partition coefficient (Wildman–Crippen LogP) is 2.69. The van der Waals surface area contributed by atoms with Gasteiger partial charge in [-0.2, -0.15) is 0 Å². The Morgan fingerprint density at radius 2 is 2.11 bits per heavy atom. The Kier molecular flexibility index (Phi) is 5.79. The first-order valence-electron chi connectivity index (χ1n) is 6.22. The van der Waals surface area contributed by atoms with Crippen LogP contribution in [0.4, 0.5) is 0 Å². The zero-order chi connectivity index (χ0) is 12.8. The molecule has 0 amide bonds. The standard InChI is InChI=1S/C13H19ClN2OS/c14-11-3-1-2-4-13(11)18-9-12(16-15)10-5-7-17-8-6-10/h1-4,10,12,16H,5-9,15H2. The highest BCUT2D eigenvalue weighted by atomic mass is 35.5. The van der Waals surface area contributed by atoms with Crippen LogP contribution in [0, 0.1) is 5.92 Å². The molecule has 18 heavy (non-hydrogen) atoms. The molecular formula is C13H19ClN2OS. The molecule has 0 bridgehead atoms. The summed E-state index contributed by atoms with van der Waals surface area (Å²) in [4.78, 5) is 1.12. The van der Waals surface area contributed by atoms with E-state index in [-0.39, 0.29) is 0 Å². The molecule has 1 fully saturated rings. The van der Waals surface area contributed by atoms with E-state index in [9.17, 15) is 0 Å². The molecule has 0 radical (unpaired) electrons. The number of thioether (sulfide) groups is 1. The Bertz CT molecular complexity index is 372. The van der Waals surface area contributed by atoms with E-state index in [1.165, 1.54) is 0 Å². The largest absolute Gasteiger partial charge is 0.381 e. The predicted molar refractivity (Wildman–Crippen MR) is 76.8 cm³/mol. The van der Waals surface area contributed by atoms with Crippen LogP contribution >= 0.6 is 23.4 Å². The van der Waals surface area contributed by atoms with Crippen LogP contribution in [0.25, 0.3) is 0 Å². The molecule has 0 saturated carbocycles. The van der Waals surface area contributed by atoms with E-state index in [0.29, 0.717) is 12.0 Å². The highest BCUT2D eigenvalue weighted by Gasteiger charge is 2.23. The first-order chi connectivity index (χ1) is 8.81. The molecule has 0 aromatic heterocycles. The number of hydrazine groups is 1. The van der Waals surface area contributed by atoms with E-state index >= 15 is 0 Å². The summed E-state index contributed by atoms with van der Waals surface area (Å²) in [5.74, 6) is 7.20. The van der Waals surface area contributed by atoms with Crippen LogP contribution in [0.3, 0.4) is 0 Å². The Balaban J connectivity index is 1.88. The minimum atomic E-state index is 0.315. The average molecular weight is 287 g/mol. The van der Waals surface area contributed by atoms with Crippen LogP contribution < -0.4 is 11.3 Å². The molecule has 1 aliphatic rings. The lowest BCUT2D eigenvalue weighted by Gasteiger charge is -2.29. The maximum atomic E-state index is 6.14. The zero-order valence-corrected chi connectivity index (χ0v) is 11.8. The van der Waals surface area contributed by atoms with Crippen molar-refractivity contribution in [2.75, 3.05) is 19.0 Å². The minimum Gasteiger partial charge on any atom is -0.381 e. The number of nitrogens with two attached hydrogens (primary N) is 1. The van der Waals surface area contributed by atoms with E-state index in [1.54, 1.807) is 11.8 Å². The SMILES string of the molecule is NNC(CSc1ccccc1Cl)C1CCOCC1. The third kappa shape index (κ3) is 3.87. The van der Waals surface area contributed by atoms with Crippen molar-refractivity contribution in [3.8, 4) is 0 Å². The van der Waals surface area contributed by atoms with E-state index in [1.807, 2.05) is 24.3 Å². The highest BCUT2D eigenvalue weighted by molar-refractivity contribution is 7.99. The lowest BCUT2D eigenvalue weighted by molar-refractivity contribution is 0.0566. The molecule has 1 atom stereocenters. The van der Waals surface area contributed by atoms with Gasteiger partial charge in [-0.15, -0.1) is 11.8 Å². The summed E-state index contributed by atoms with van der Waals surface area (Å²) in [5.41, 5.74) is 2.94. The minimum absolute atomic E-state index is 0.315. The van der Waals surface area contributed by atoms with Gasteiger partial charge in [0.2, 0.25) is 0 Å². The van der Waals surface area contributed by atoms with E-state index in [2.05, 4.69) is 5.43 Å². The van der Waals surface area contributed by atoms with Crippen molar-refractivity contribution >= 4 is 23.4 Å². The van der Waals surface area contributed by atoms with Gasteiger partial charge in [0.1, 0.15) is 0 Å². The number of hydrogen-bond donors (Lipinski definition) is 2. The van der Waals surface area contributed by atoms with Crippen molar-refractivity contribution in [1.29, 1.82) is 0 Å². The molecule has 1 aromatic rings. The molecule has 100 valence electrons. The second kappa shape index (κ2) is 7.36. The molecule has 1 aliphatic heterocycles. The second-order valence-electron chi connectivity index (χ2n) is 4.46. The van der Waals surface area contributed by atoms with Crippen molar-refractivity contribution in [1.82, 2.24) is 5.43 Å². The summed E-state index contributed by atoms with van der Waals surface area (Å²) in [6.07, 6.45) is 2.16. The number of hydrogen-bond acceptors (Lipinski definition) is 4. The molecule has 0 spiro atoms. The molecule has 3 N–H and O–H groups in total. The molecular weight excluding hydrogens is 268 g/mol. The topological polar surface area (TPSA) is 47.3 Å². The maximum Gasteiger partial charge on any atom is 0.0541 e. The molecule has 2 rings (SSSR count). The third-order valence-electron chi connectivity index (χ3n) is 3.30. The van der Waals surface area contributed by atoms with Crippen LogP contribution in [-0.4, -0.2) is 25.0 Å². The van der Waals surface area contributed by atoms with E-state index in [0.717, 1.165) is 41.7 Å². The summed E-state index contributed by atoms with van der Waals surface area (Å²) < 4.78 is 5.38. The molecule has 1 heterocycles. The van der Waals surface area contributed by atoms with Gasteiger partial charge in [0.15, 0.2) is 0 Å². The van der Waals surface area contributed by atoms with Gasteiger partial charge < -0.3 is 4.74 Å². The first kappa shape index (κ1) is 14.2. The second-order valence-corrected chi connectivity index (χ2v) is 5.93. The maximum absolute atomic E-state index is 6.14.